The highest BCUT2D eigenvalue weighted by molar-refractivity contribution is 5.24. The van der Waals surface area contributed by atoms with E-state index in [9.17, 15) is 0 Å². The number of rotatable bonds is 8. The first-order valence-electron chi connectivity index (χ1n) is 9.02. The van der Waals surface area contributed by atoms with Crippen LogP contribution < -0.4 is 5.32 Å². The molecule has 0 radical (unpaired) electrons. The van der Waals surface area contributed by atoms with E-state index < -0.39 is 0 Å². The third kappa shape index (κ3) is 3.70. The number of hydrogen-bond acceptors (Lipinski definition) is 3. The lowest BCUT2D eigenvalue weighted by Gasteiger charge is -2.42. The largest absolute Gasteiger partial charge is 0.394 e. The molecule has 1 aromatic heterocycles. The molecule has 0 atom stereocenters. The first-order valence-corrected chi connectivity index (χ1v) is 9.02. The maximum atomic E-state index is 9.13. The molecule has 1 aromatic carbocycles. The van der Waals surface area contributed by atoms with Gasteiger partial charge in [0.2, 0.25) is 0 Å². The topological polar surface area (TPSA) is 50.1 Å². The zero-order chi connectivity index (χ0) is 17.0. The molecule has 0 unspecified atom stereocenters. The van der Waals surface area contributed by atoms with Gasteiger partial charge in [0.1, 0.15) is 0 Å². The van der Waals surface area contributed by atoms with Crippen molar-refractivity contribution in [3.8, 4) is 0 Å². The van der Waals surface area contributed by atoms with E-state index in [2.05, 4.69) is 54.6 Å². The van der Waals surface area contributed by atoms with Gasteiger partial charge in [-0.05, 0) is 44.1 Å². The van der Waals surface area contributed by atoms with E-state index in [1.807, 2.05) is 4.68 Å². The van der Waals surface area contributed by atoms with Crippen LogP contribution in [0.25, 0.3) is 0 Å². The molecule has 0 aliphatic heterocycles. The molecule has 2 N–H and O–H groups in total. The summed E-state index contributed by atoms with van der Waals surface area (Å²) in [4.78, 5) is 0. The highest BCUT2D eigenvalue weighted by Gasteiger charge is 2.36. The SMILES string of the molecule is Cc1nn(CCO)c(C)c1CNCC1(Cc2ccccc2)CCC1. The summed E-state index contributed by atoms with van der Waals surface area (Å²) in [5, 5.41) is 17.3. The molecule has 0 saturated heterocycles. The van der Waals surface area contributed by atoms with Crippen molar-refractivity contribution in [1.29, 1.82) is 0 Å². The molecule has 0 spiro atoms. The number of aryl methyl sites for hydroxylation is 1. The zero-order valence-electron chi connectivity index (χ0n) is 14.9. The number of aromatic nitrogens is 2. The quantitative estimate of drug-likeness (QED) is 0.784. The molecule has 4 nitrogen and oxygen atoms in total. The fourth-order valence-electron chi connectivity index (χ4n) is 3.88. The maximum Gasteiger partial charge on any atom is 0.0644 e. The molecular formula is C20H29N3O. The highest BCUT2D eigenvalue weighted by atomic mass is 16.3. The Morgan fingerprint density at radius 1 is 1.21 bits per heavy atom. The summed E-state index contributed by atoms with van der Waals surface area (Å²) in [6, 6.07) is 10.8. The molecule has 130 valence electrons. The van der Waals surface area contributed by atoms with E-state index in [1.165, 1.54) is 42.5 Å². The Morgan fingerprint density at radius 3 is 2.58 bits per heavy atom. The lowest BCUT2D eigenvalue weighted by Crippen LogP contribution is -2.41. The molecule has 1 saturated carbocycles. The van der Waals surface area contributed by atoms with Gasteiger partial charge >= 0.3 is 0 Å². The third-order valence-electron chi connectivity index (χ3n) is 5.48. The van der Waals surface area contributed by atoms with Crippen LogP contribution in [0.2, 0.25) is 0 Å². The number of nitrogens with one attached hydrogen (secondary N) is 1. The second-order valence-electron chi connectivity index (χ2n) is 7.22. The summed E-state index contributed by atoms with van der Waals surface area (Å²) in [5.74, 6) is 0. The summed E-state index contributed by atoms with van der Waals surface area (Å²) in [6.45, 7) is 6.78. The Kier molecular flexibility index (Phi) is 5.36. The van der Waals surface area contributed by atoms with Crippen LogP contribution in [-0.4, -0.2) is 28.0 Å². The molecular weight excluding hydrogens is 298 g/mol. The van der Waals surface area contributed by atoms with E-state index >= 15 is 0 Å². The van der Waals surface area contributed by atoms with Crippen molar-refractivity contribution in [2.75, 3.05) is 13.2 Å². The van der Waals surface area contributed by atoms with Crippen molar-refractivity contribution >= 4 is 0 Å². The fraction of sp³-hybridized carbons (Fsp3) is 0.550. The van der Waals surface area contributed by atoms with Gasteiger partial charge in [-0.15, -0.1) is 0 Å². The molecule has 2 aromatic rings. The van der Waals surface area contributed by atoms with Crippen LogP contribution in [0.4, 0.5) is 0 Å². The minimum atomic E-state index is 0.134. The predicted octanol–water partition coefficient (Wildman–Crippen LogP) is 2.99. The monoisotopic (exact) mass is 327 g/mol. The molecule has 0 amide bonds. The van der Waals surface area contributed by atoms with Gasteiger partial charge in [0.15, 0.2) is 0 Å². The van der Waals surface area contributed by atoms with Gasteiger partial charge in [-0.25, -0.2) is 0 Å². The van der Waals surface area contributed by atoms with Crippen LogP contribution in [-0.2, 0) is 19.5 Å². The summed E-state index contributed by atoms with van der Waals surface area (Å²) in [5.41, 5.74) is 5.38. The molecule has 24 heavy (non-hydrogen) atoms. The molecule has 1 fully saturated rings. The average Bonchev–Trinajstić information content (AvgIpc) is 2.81. The third-order valence-corrected chi connectivity index (χ3v) is 5.48. The predicted molar refractivity (Wildman–Crippen MR) is 96.9 cm³/mol. The van der Waals surface area contributed by atoms with Crippen LogP contribution in [0, 0.1) is 19.3 Å². The van der Waals surface area contributed by atoms with Crippen molar-refractivity contribution in [3.63, 3.8) is 0 Å². The summed E-state index contributed by atoms with van der Waals surface area (Å²) in [6.07, 6.45) is 5.15. The van der Waals surface area contributed by atoms with Gasteiger partial charge in [-0.2, -0.15) is 5.10 Å². The molecule has 1 aliphatic rings. The lowest BCUT2D eigenvalue weighted by molar-refractivity contribution is 0.129. The first kappa shape index (κ1) is 17.2. The van der Waals surface area contributed by atoms with Gasteiger partial charge in [0, 0.05) is 24.3 Å². The fourth-order valence-corrected chi connectivity index (χ4v) is 3.88. The normalized spacial score (nSPS) is 16.1. The van der Waals surface area contributed by atoms with Crippen molar-refractivity contribution in [3.05, 3.63) is 52.8 Å². The Hall–Kier alpha value is -1.65. The van der Waals surface area contributed by atoms with Gasteiger partial charge in [0.05, 0.1) is 18.8 Å². The van der Waals surface area contributed by atoms with E-state index in [4.69, 9.17) is 5.11 Å². The summed E-state index contributed by atoms with van der Waals surface area (Å²) >= 11 is 0. The maximum absolute atomic E-state index is 9.13. The standard InChI is InChI=1S/C20H29N3O/c1-16-19(17(2)23(22-16)11-12-24)14-21-15-20(9-6-10-20)13-18-7-4-3-5-8-18/h3-5,7-8,21,24H,6,9-15H2,1-2H3. The van der Waals surface area contributed by atoms with Crippen molar-refractivity contribution in [1.82, 2.24) is 15.1 Å². The van der Waals surface area contributed by atoms with Gasteiger partial charge < -0.3 is 10.4 Å². The zero-order valence-corrected chi connectivity index (χ0v) is 14.9. The summed E-state index contributed by atoms with van der Waals surface area (Å²) in [7, 11) is 0. The Labute approximate surface area is 144 Å². The van der Waals surface area contributed by atoms with Crippen LogP contribution in [0.3, 0.4) is 0 Å². The lowest BCUT2D eigenvalue weighted by atomic mass is 9.65. The van der Waals surface area contributed by atoms with Crippen LogP contribution in [0.15, 0.2) is 30.3 Å². The van der Waals surface area contributed by atoms with E-state index in [-0.39, 0.29) is 6.61 Å². The van der Waals surface area contributed by atoms with E-state index in [0.717, 1.165) is 18.8 Å². The number of aliphatic hydroxyl groups excluding tert-OH is 1. The summed E-state index contributed by atoms with van der Waals surface area (Å²) < 4.78 is 1.91. The second kappa shape index (κ2) is 7.49. The number of nitrogens with zero attached hydrogens (tertiary/aromatic N) is 2. The average molecular weight is 327 g/mol. The Morgan fingerprint density at radius 2 is 1.96 bits per heavy atom. The number of aliphatic hydroxyl groups is 1. The van der Waals surface area contributed by atoms with Crippen LogP contribution in [0.5, 0.6) is 0 Å². The molecule has 1 aliphatic carbocycles. The molecule has 4 heteroatoms. The van der Waals surface area contributed by atoms with Crippen LogP contribution in [0.1, 0.15) is 41.8 Å². The minimum absolute atomic E-state index is 0.134. The van der Waals surface area contributed by atoms with Gasteiger partial charge in [-0.1, -0.05) is 36.8 Å². The van der Waals surface area contributed by atoms with E-state index in [1.54, 1.807) is 0 Å². The Bertz CT molecular complexity index is 659. The highest BCUT2D eigenvalue weighted by Crippen LogP contribution is 2.43. The van der Waals surface area contributed by atoms with Crippen molar-refractivity contribution in [2.45, 2.75) is 52.6 Å². The van der Waals surface area contributed by atoms with Crippen molar-refractivity contribution < 1.29 is 5.11 Å². The Balaban J connectivity index is 1.59. The first-order chi connectivity index (χ1) is 11.6. The van der Waals surface area contributed by atoms with Crippen molar-refractivity contribution in [2.24, 2.45) is 5.41 Å². The second-order valence-corrected chi connectivity index (χ2v) is 7.22. The van der Waals surface area contributed by atoms with Gasteiger partial charge in [-0.3, -0.25) is 4.68 Å². The van der Waals surface area contributed by atoms with Gasteiger partial charge in [0.25, 0.3) is 0 Å². The number of hydrogen-bond donors (Lipinski definition) is 2. The molecule has 0 bridgehead atoms. The smallest absolute Gasteiger partial charge is 0.0644 e. The molecule has 3 rings (SSSR count). The molecule has 1 heterocycles. The van der Waals surface area contributed by atoms with E-state index in [0.29, 0.717) is 12.0 Å². The minimum Gasteiger partial charge on any atom is -0.394 e. The number of benzene rings is 1. The van der Waals surface area contributed by atoms with Crippen LogP contribution >= 0.6 is 0 Å².